The summed E-state index contributed by atoms with van der Waals surface area (Å²) < 4.78 is 5.59. The minimum atomic E-state index is -0.500. The van der Waals surface area contributed by atoms with E-state index in [4.69, 9.17) is 11.2 Å². The maximum atomic E-state index is 11.5. The van der Waals surface area contributed by atoms with Crippen molar-refractivity contribution in [1.82, 2.24) is 5.32 Å². The summed E-state index contributed by atoms with van der Waals surface area (Å²) in [6.45, 7) is 0.324. The van der Waals surface area contributed by atoms with Crippen molar-refractivity contribution in [3.63, 3.8) is 0 Å². The molecule has 0 bridgehead atoms. The lowest BCUT2D eigenvalue weighted by Crippen LogP contribution is -2.29. The second-order valence-electron chi connectivity index (χ2n) is 2.67. The summed E-state index contributed by atoms with van der Waals surface area (Å²) in [6.07, 6.45) is 5.14. The lowest BCUT2D eigenvalue weighted by atomic mass is 10.2. The quantitative estimate of drug-likeness (QED) is 0.680. The van der Waals surface area contributed by atoms with Gasteiger partial charge in [0.2, 0.25) is 0 Å². The molecule has 1 N–H and O–H groups in total. The predicted molar refractivity (Wildman–Crippen MR) is 63.6 cm³/mol. The monoisotopic (exact) mass is 287 g/mol. The molecule has 0 aliphatic carbocycles. The first-order valence-corrected chi connectivity index (χ1v) is 5.85. The zero-order valence-corrected chi connectivity index (χ0v) is 10.5. The van der Waals surface area contributed by atoms with Crippen LogP contribution < -0.4 is 5.32 Å². The fraction of sp³-hybridized carbons (Fsp3) is 0.300. The maximum absolute atomic E-state index is 11.5. The van der Waals surface area contributed by atoms with Gasteiger partial charge in [0, 0.05) is 9.35 Å². The van der Waals surface area contributed by atoms with E-state index in [0.29, 0.717) is 6.54 Å². The second kappa shape index (κ2) is 5.91. The van der Waals surface area contributed by atoms with Crippen molar-refractivity contribution in [1.29, 1.82) is 0 Å². The Morgan fingerprint density at radius 2 is 2.60 bits per heavy atom. The number of halogens is 1. The molecule has 0 fully saturated rings. The van der Waals surface area contributed by atoms with Gasteiger partial charge in [-0.2, -0.15) is 0 Å². The maximum Gasteiger partial charge on any atom is 0.328 e. The van der Waals surface area contributed by atoms with Crippen LogP contribution in [0.1, 0.15) is 10.9 Å². The Bertz CT molecular complexity index is 383. The molecule has 1 rings (SSSR count). The van der Waals surface area contributed by atoms with Crippen molar-refractivity contribution in [3.05, 3.63) is 20.8 Å². The fourth-order valence-corrected chi connectivity index (χ4v) is 2.74. The van der Waals surface area contributed by atoms with Gasteiger partial charge in [-0.15, -0.1) is 17.8 Å². The summed E-state index contributed by atoms with van der Waals surface area (Å²) in [5.74, 6) is 2.09. The number of hydrogen-bond acceptors (Lipinski definition) is 4. The van der Waals surface area contributed by atoms with Gasteiger partial charge < -0.3 is 4.74 Å². The number of terminal acetylenes is 1. The van der Waals surface area contributed by atoms with Crippen LogP contribution in [0.25, 0.3) is 0 Å². The number of thiophene rings is 1. The number of ether oxygens (including phenoxy) is 1. The number of esters is 1. The molecule has 0 saturated carbocycles. The molecular weight excluding hydrogens is 278 g/mol. The van der Waals surface area contributed by atoms with Gasteiger partial charge in [0.25, 0.3) is 0 Å². The van der Waals surface area contributed by atoms with E-state index in [1.54, 1.807) is 0 Å². The molecule has 15 heavy (non-hydrogen) atoms. The van der Waals surface area contributed by atoms with E-state index in [1.165, 1.54) is 18.4 Å². The molecule has 5 heteroatoms. The van der Waals surface area contributed by atoms with Gasteiger partial charge in [-0.05, 0) is 27.4 Å². The molecule has 3 nitrogen and oxygen atoms in total. The molecule has 0 aliphatic heterocycles. The van der Waals surface area contributed by atoms with Crippen LogP contribution in [0.5, 0.6) is 0 Å². The Morgan fingerprint density at radius 1 is 1.87 bits per heavy atom. The van der Waals surface area contributed by atoms with Gasteiger partial charge >= 0.3 is 5.97 Å². The van der Waals surface area contributed by atoms with Gasteiger partial charge in [0.05, 0.1) is 13.7 Å². The van der Waals surface area contributed by atoms with Gasteiger partial charge in [0.15, 0.2) is 0 Å². The van der Waals surface area contributed by atoms with Crippen molar-refractivity contribution in [2.24, 2.45) is 0 Å². The highest BCUT2D eigenvalue weighted by atomic mass is 79.9. The van der Waals surface area contributed by atoms with Crippen molar-refractivity contribution in [2.45, 2.75) is 6.04 Å². The number of carbonyl (C=O) groups excluding carboxylic acids is 1. The fourth-order valence-electron chi connectivity index (χ4n) is 1.07. The van der Waals surface area contributed by atoms with E-state index in [0.717, 1.165) is 9.35 Å². The molecule has 80 valence electrons. The molecule has 1 unspecified atom stereocenters. The third kappa shape index (κ3) is 3.06. The average molecular weight is 288 g/mol. The number of methoxy groups -OCH3 is 1. The number of carbonyl (C=O) groups is 1. The lowest BCUT2D eigenvalue weighted by molar-refractivity contribution is -0.143. The van der Waals surface area contributed by atoms with E-state index in [1.807, 2.05) is 11.4 Å². The minimum absolute atomic E-state index is 0.324. The molecule has 0 amide bonds. The third-order valence-corrected chi connectivity index (χ3v) is 3.69. The summed E-state index contributed by atoms with van der Waals surface area (Å²) in [5.41, 5.74) is 0. The van der Waals surface area contributed by atoms with E-state index < -0.39 is 6.04 Å². The molecule has 0 aliphatic rings. The van der Waals surface area contributed by atoms with Crippen LogP contribution in [-0.2, 0) is 9.53 Å². The Hall–Kier alpha value is -0.830. The molecule has 1 atom stereocenters. The van der Waals surface area contributed by atoms with Crippen LogP contribution in [0.4, 0.5) is 0 Å². The van der Waals surface area contributed by atoms with Gasteiger partial charge in [0.1, 0.15) is 6.04 Å². The standard InChI is InChI=1S/C10H10BrNO2S/c1-3-5-12-8(10(13)14-2)9-7(11)4-6-15-9/h1,4,6,8,12H,5H2,2H3. The van der Waals surface area contributed by atoms with Crippen LogP contribution >= 0.6 is 27.3 Å². The smallest absolute Gasteiger partial charge is 0.328 e. The highest BCUT2D eigenvalue weighted by Gasteiger charge is 2.23. The van der Waals surface area contributed by atoms with Crippen LogP contribution in [-0.4, -0.2) is 19.6 Å². The minimum Gasteiger partial charge on any atom is -0.468 e. The van der Waals surface area contributed by atoms with Crippen molar-refractivity contribution >= 4 is 33.2 Å². The first-order valence-electron chi connectivity index (χ1n) is 4.18. The van der Waals surface area contributed by atoms with E-state index in [9.17, 15) is 4.79 Å². The summed E-state index contributed by atoms with van der Waals surface area (Å²) in [7, 11) is 1.36. The van der Waals surface area contributed by atoms with Crippen molar-refractivity contribution < 1.29 is 9.53 Å². The van der Waals surface area contributed by atoms with E-state index in [-0.39, 0.29) is 5.97 Å². The van der Waals surface area contributed by atoms with Gasteiger partial charge in [-0.3, -0.25) is 5.32 Å². The first kappa shape index (κ1) is 12.2. The van der Waals surface area contributed by atoms with E-state index in [2.05, 4.69) is 27.2 Å². The Morgan fingerprint density at radius 3 is 3.07 bits per heavy atom. The first-order chi connectivity index (χ1) is 7.20. The zero-order valence-electron chi connectivity index (χ0n) is 8.12. The predicted octanol–water partition coefficient (Wildman–Crippen LogP) is 1.95. The highest BCUT2D eigenvalue weighted by molar-refractivity contribution is 9.10. The Balaban J connectivity index is 2.87. The van der Waals surface area contributed by atoms with Crippen molar-refractivity contribution in [2.75, 3.05) is 13.7 Å². The van der Waals surface area contributed by atoms with Crippen LogP contribution in [0.15, 0.2) is 15.9 Å². The average Bonchev–Trinajstić information content (AvgIpc) is 2.65. The van der Waals surface area contributed by atoms with Gasteiger partial charge in [-0.25, -0.2) is 4.79 Å². The molecular formula is C10H10BrNO2S. The summed E-state index contributed by atoms with van der Waals surface area (Å²) >= 11 is 4.84. The molecule has 1 heterocycles. The third-order valence-electron chi connectivity index (χ3n) is 1.75. The molecule has 1 aromatic heterocycles. The largest absolute Gasteiger partial charge is 0.468 e. The molecule has 0 saturated heterocycles. The molecule has 0 aromatic carbocycles. The number of rotatable bonds is 4. The topological polar surface area (TPSA) is 38.3 Å². The second-order valence-corrected chi connectivity index (χ2v) is 4.48. The number of hydrogen-bond donors (Lipinski definition) is 1. The summed E-state index contributed by atoms with van der Waals surface area (Å²) in [6, 6.07) is 1.38. The summed E-state index contributed by atoms with van der Waals surface area (Å²) in [5, 5.41) is 4.83. The Kier molecular flexibility index (Phi) is 4.82. The lowest BCUT2D eigenvalue weighted by Gasteiger charge is -2.13. The normalized spacial score (nSPS) is 11.8. The molecule has 0 spiro atoms. The molecule has 0 radical (unpaired) electrons. The van der Waals surface area contributed by atoms with E-state index >= 15 is 0 Å². The Labute approximate surface area is 101 Å². The zero-order chi connectivity index (χ0) is 11.3. The van der Waals surface area contributed by atoms with Gasteiger partial charge in [-0.1, -0.05) is 5.92 Å². The van der Waals surface area contributed by atoms with Crippen molar-refractivity contribution in [3.8, 4) is 12.3 Å². The SMILES string of the molecule is C#CCNC(C(=O)OC)c1sccc1Br. The molecule has 1 aromatic rings. The van der Waals surface area contributed by atoms with Crippen LogP contribution in [0.3, 0.4) is 0 Å². The highest BCUT2D eigenvalue weighted by Crippen LogP contribution is 2.29. The number of nitrogens with one attached hydrogen (secondary N) is 1. The van der Waals surface area contributed by atoms with Crippen LogP contribution in [0.2, 0.25) is 0 Å². The summed E-state index contributed by atoms with van der Waals surface area (Å²) in [4.78, 5) is 12.4. The van der Waals surface area contributed by atoms with Crippen LogP contribution in [0, 0.1) is 12.3 Å².